The molecule has 1 heterocycles. The summed E-state index contributed by atoms with van der Waals surface area (Å²) in [6.07, 6.45) is 0. The summed E-state index contributed by atoms with van der Waals surface area (Å²) in [5.74, 6) is -1.09. The van der Waals surface area contributed by atoms with E-state index in [0.717, 1.165) is 12.1 Å². The molecule has 0 saturated heterocycles. The number of hydrogen-bond donors (Lipinski definition) is 1. The number of hydrogen-bond acceptors (Lipinski definition) is 4. The second-order valence-corrected chi connectivity index (χ2v) is 4.14. The van der Waals surface area contributed by atoms with Gasteiger partial charge in [0.25, 0.3) is 0 Å². The minimum atomic E-state index is -0.748. The van der Waals surface area contributed by atoms with E-state index >= 15 is 0 Å². The van der Waals surface area contributed by atoms with Gasteiger partial charge in [-0.05, 0) is 34.7 Å². The van der Waals surface area contributed by atoms with Crippen molar-refractivity contribution in [2.75, 3.05) is 5.73 Å². The highest BCUT2D eigenvalue weighted by Gasteiger charge is 2.14. The SMILES string of the molecule is Nc1cccc(-c2nnnn2-c2ccc(F)cc2F)c1. The number of halogens is 2. The maximum atomic E-state index is 13.8. The molecule has 0 radical (unpaired) electrons. The zero-order valence-corrected chi connectivity index (χ0v) is 10.2. The Hall–Kier alpha value is -2.83. The number of benzene rings is 2. The number of tetrazole rings is 1. The molecule has 0 bridgehead atoms. The molecule has 0 fully saturated rings. The Morgan fingerprint density at radius 1 is 1.05 bits per heavy atom. The third-order valence-corrected chi connectivity index (χ3v) is 2.75. The smallest absolute Gasteiger partial charge is 0.187 e. The van der Waals surface area contributed by atoms with E-state index in [1.54, 1.807) is 24.3 Å². The molecular formula is C13H9F2N5. The molecule has 7 heteroatoms. The Bertz CT molecular complexity index is 769. The van der Waals surface area contributed by atoms with E-state index in [2.05, 4.69) is 15.5 Å². The van der Waals surface area contributed by atoms with Crippen molar-refractivity contribution >= 4 is 5.69 Å². The number of aromatic nitrogens is 4. The lowest BCUT2D eigenvalue weighted by Gasteiger charge is -2.06. The number of anilines is 1. The van der Waals surface area contributed by atoms with Gasteiger partial charge in [-0.3, -0.25) is 0 Å². The van der Waals surface area contributed by atoms with E-state index in [4.69, 9.17) is 5.73 Å². The fourth-order valence-corrected chi connectivity index (χ4v) is 1.86. The van der Waals surface area contributed by atoms with Crippen molar-refractivity contribution in [3.63, 3.8) is 0 Å². The van der Waals surface area contributed by atoms with Crippen molar-refractivity contribution in [2.24, 2.45) is 0 Å². The molecule has 3 rings (SSSR count). The molecule has 3 aromatic rings. The van der Waals surface area contributed by atoms with Crippen molar-refractivity contribution in [2.45, 2.75) is 0 Å². The average Bonchev–Trinajstić information content (AvgIpc) is 2.87. The first-order valence-electron chi connectivity index (χ1n) is 5.75. The topological polar surface area (TPSA) is 69.6 Å². The highest BCUT2D eigenvalue weighted by atomic mass is 19.1. The third kappa shape index (κ3) is 2.09. The summed E-state index contributed by atoms with van der Waals surface area (Å²) in [5, 5.41) is 11.1. The first kappa shape index (κ1) is 12.2. The third-order valence-electron chi connectivity index (χ3n) is 2.75. The second kappa shape index (κ2) is 4.69. The lowest BCUT2D eigenvalue weighted by atomic mass is 10.2. The predicted molar refractivity (Wildman–Crippen MR) is 68.9 cm³/mol. The largest absolute Gasteiger partial charge is 0.399 e. The number of nitrogens with zero attached hydrogens (tertiary/aromatic N) is 4. The maximum Gasteiger partial charge on any atom is 0.187 e. The minimum Gasteiger partial charge on any atom is -0.399 e. The van der Waals surface area contributed by atoms with Crippen LogP contribution in [0.15, 0.2) is 42.5 Å². The lowest BCUT2D eigenvalue weighted by molar-refractivity contribution is 0.572. The molecule has 0 unspecified atom stereocenters. The average molecular weight is 273 g/mol. The van der Waals surface area contributed by atoms with E-state index < -0.39 is 11.6 Å². The molecule has 5 nitrogen and oxygen atoms in total. The molecule has 0 aliphatic carbocycles. The molecule has 0 aliphatic heterocycles. The van der Waals surface area contributed by atoms with Crippen LogP contribution in [0.2, 0.25) is 0 Å². The van der Waals surface area contributed by atoms with Gasteiger partial charge in [-0.25, -0.2) is 8.78 Å². The summed E-state index contributed by atoms with van der Waals surface area (Å²) in [5.41, 5.74) is 6.94. The predicted octanol–water partition coefficient (Wildman–Crippen LogP) is 2.19. The minimum absolute atomic E-state index is 0.0637. The van der Waals surface area contributed by atoms with Crippen molar-refractivity contribution in [1.82, 2.24) is 20.2 Å². The lowest BCUT2D eigenvalue weighted by Crippen LogP contribution is -2.03. The highest BCUT2D eigenvalue weighted by Crippen LogP contribution is 2.22. The molecule has 20 heavy (non-hydrogen) atoms. The molecule has 100 valence electrons. The zero-order chi connectivity index (χ0) is 14.1. The van der Waals surface area contributed by atoms with Gasteiger partial charge < -0.3 is 5.73 Å². The van der Waals surface area contributed by atoms with Gasteiger partial charge in [-0.1, -0.05) is 12.1 Å². The van der Waals surface area contributed by atoms with Gasteiger partial charge in [0.05, 0.1) is 0 Å². The normalized spacial score (nSPS) is 10.7. The summed E-state index contributed by atoms with van der Waals surface area (Å²) < 4.78 is 28.0. The Labute approximate surface area is 112 Å². The first-order chi connectivity index (χ1) is 9.65. The van der Waals surface area contributed by atoms with E-state index in [1.165, 1.54) is 10.7 Å². The van der Waals surface area contributed by atoms with Gasteiger partial charge in [0.1, 0.15) is 11.5 Å². The molecular weight excluding hydrogens is 264 g/mol. The maximum absolute atomic E-state index is 13.8. The van der Waals surface area contributed by atoms with Crippen LogP contribution < -0.4 is 5.73 Å². The van der Waals surface area contributed by atoms with Crippen LogP contribution in [0.5, 0.6) is 0 Å². The molecule has 0 aliphatic rings. The molecule has 0 atom stereocenters. The molecule has 2 N–H and O–H groups in total. The van der Waals surface area contributed by atoms with Crippen LogP contribution in [-0.2, 0) is 0 Å². The van der Waals surface area contributed by atoms with Gasteiger partial charge in [0.2, 0.25) is 0 Å². The van der Waals surface area contributed by atoms with Gasteiger partial charge in [-0.15, -0.1) is 5.10 Å². The second-order valence-electron chi connectivity index (χ2n) is 4.14. The van der Waals surface area contributed by atoms with Crippen LogP contribution in [0.4, 0.5) is 14.5 Å². The number of nitrogen functional groups attached to an aromatic ring is 1. The standard InChI is InChI=1S/C13H9F2N5/c14-9-4-5-12(11(15)7-9)20-13(17-18-19-20)8-2-1-3-10(16)6-8/h1-7H,16H2. The van der Waals surface area contributed by atoms with Crippen molar-refractivity contribution in [1.29, 1.82) is 0 Å². The first-order valence-corrected chi connectivity index (χ1v) is 5.75. The summed E-state index contributed by atoms with van der Waals surface area (Å²) in [4.78, 5) is 0. The summed E-state index contributed by atoms with van der Waals surface area (Å²) >= 11 is 0. The Kier molecular flexibility index (Phi) is 2.86. The van der Waals surface area contributed by atoms with Gasteiger partial charge in [0.15, 0.2) is 11.6 Å². The van der Waals surface area contributed by atoms with E-state index in [9.17, 15) is 8.78 Å². The van der Waals surface area contributed by atoms with Gasteiger partial charge >= 0.3 is 0 Å². The van der Waals surface area contributed by atoms with Crippen molar-refractivity contribution < 1.29 is 8.78 Å². The Balaban J connectivity index is 2.15. The number of rotatable bonds is 2. The summed E-state index contributed by atoms with van der Waals surface area (Å²) in [6, 6.07) is 10.1. The fourth-order valence-electron chi connectivity index (χ4n) is 1.86. The van der Waals surface area contributed by atoms with Crippen LogP contribution in [0, 0.1) is 11.6 Å². The van der Waals surface area contributed by atoms with Crippen molar-refractivity contribution in [3.8, 4) is 17.1 Å². The molecule has 0 amide bonds. The van der Waals surface area contributed by atoms with E-state index in [0.29, 0.717) is 17.1 Å². The highest BCUT2D eigenvalue weighted by molar-refractivity contribution is 5.62. The van der Waals surface area contributed by atoms with E-state index in [-0.39, 0.29) is 5.69 Å². The van der Waals surface area contributed by atoms with Gasteiger partial charge in [-0.2, -0.15) is 4.68 Å². The monoisotopic (exact) mass is 273 g/mol. The van der Waals surface area contributed by atoms with Crippen LogP contribution in [-0.4, -0.2) is 20.2 Å². The molecule has 0 spiro atoms. The fraction of sp³-hybridized carbons (Fsp3) is 0. The molecule has 1 aromatic heterocycles. The zero-order valence-electron chi connectivity index (χ0n) is 10.2. The van der Waals surface area contributed by atoms with Crippen LogP contribution in [0.1, 0.15) is 0 Å². The van der Waals surface area contributed by atoms with Crippen molar-refractivity contribution in [3.05, 3.63) is 54.1 Å². The molecule has 0 saturated carbocycles. The van der Waals surface area contributed by atoms with Crippen LogP contribution >= 0.6 is 0 Å². The number of nitrogens with two attached hydrogens (primary N) is 1. The quantitative estimate of drug-likeness (QED) is 0.727. The van der Waals surface area contributed by atoms with Gasteiger partial charge in [0, 0.05) is 17.3 Å². The van der Waals surface area contributed by atoms with Crippen LogP contribution in [0.25, 0.3) is 17.1 Å². The Morgan fingerprint density at radius 3 is 2.65 bits per heavy atom. The van der Waals surface area contributed by atoms with E-state index in [1.807, 2.05) is 0 Å². The molecule has 2 aromatic carbocycles. The van der Waals surface area contributed by atoms with Crippen LogP contribution in [0.3, 0.4) is 0 Å². The summed E-state index contributed by atoms with van der Waals surface area (Å²) in [7, 11) is 0. The summed E-state index contributed by atoms with van der Waals surface area (Å²) in [6.45, 7) is 0. The Morgan fingerprint density at radius 2 is 1.90 bits per heavy atom.